The van der Waals surface area contributed by atoms with Crippen molar-refractivity contribution < 1.29 is 14.6 Å². The van der Waals surface area contributed by atoms with Crippen LogP contribution in [0.15, 0.2) is 48.5 Å². The number of unbranched alkanes of at least 4 members (excludes halogenated alkanes) is 2. The molecule has 0 saturated carbocycles. The average Bonchev–Trinajstić information content (AvgIpc) is 2.61. The molecule has 1 unspecified atom stereocenters. The van der Waals surface area contributed by atoms with Gasteiger partial charge in [-0.25, -0.2) is 4.79 Å². The molecule has 0 aliphatic rings. The number of carboxylic acids is 1. The summed E-state index contributed by atoms with van der Waals surface area (Å²) in [4.78, 5) is 10.9. The van der Waals surface area contributed by atoms with Crippen molar-refractivity contribution in [3.8, 4) is 16.9 Å². The molecule has 1 atom stereocenters. The van der Waals surface area contributed by atoms with Crippen LogP contribution in [-0.4, -0.2) is 17.7 Å². The first-order chi connectivity index (χ1) is 11.6. The fourth-order valence-corrected chi connectivity index (χ4v) is 2.61. The molecule has 2 rings (SSSR count). The molecule has 0 aliphatic carbocycles. The van der Waals surface area contributed by atoms with Crippen LogP contribution < -0.4 is 4.74 Å². The summed E-state index contributed by atoms with van der Waals surface area (Å²) in [6.45, 7) is 5.20. The van der Waals surface area contributed by atoms with E-state index in [1.54, 1.807) is 12.1 Å². The lowest BCUT2D eigenvalue weighted by Crippen LogP contribution is -2.08. The fourth-order valence-electron chi connectivity index (χ4n) is 2.61. The molecule has 0 aromatic heterocycles. The molecule has 0 heterocycles. The molecule has 1 N–H and O–H groups in total. The van der Waals surface area contributed by atoms with Crippen molar-refractivity contribution >= 4 is 5.97 Å². The van der Waals surface area contributed by atoms with Gasteiger partial charge >= 0.3 is 5.97 Å². The van der Waals surface area contributed by atoms with Crippen LogP contribution >= 0.6 is 0 Å². The zero-order valence-corrected chi connectivity index (χ0v) is 14.5. The maximum absolute atomic E-state index is 10.9. The second kappa shape index (κ2) is 9.11. The van der Waals surface area contributed by atoms with Gasteiger partial charge in [-0.05, 0) is 47.7 Å². The third-order valence-electron chi connectivity index (χ3n) is 4.15. The molecule has 0 fully saturated rings. The van der Waals surface area contributed by atoms with Gasteiger partial charge in [0.2, 0.25) is 0 Å². The van der Waals surface area contributed by atoms with Gasteiger partial charge in [-0.1, -0.05) is 57.4 Å². The summed E-state index contributed by atoms with van der Waals surface area (Å²) >= 11 is 0. The molecule has 0 aliphatic heterocycles. The molecule has 3 nitrogen and oxygen atoms in total. The van der Waals surface area contributed by atoms with Crippen LogP contribution in [0.1, 0.15) is 49.9 Å². The highest BCUT2D eigenvalue weighted by molar-refractivity contribution is 5.88. The van der Waals surface area contributed by atoms with E-state index in [0.29, 0.717) is 11.5 Å². The summed E-state index contributed by atoms with van der Waals surface area (Å²) < 4.78 is 5.86. The van der Waals surface area contributed by atoms with Gasteiger partial charge in [0, 0.05) is 0 Å². The fraction of sp³-hybridized carbons (Fsp3) is 0.381. The van der Waals surface area contributed by atoms with Crippen LogP contribution in [0.5, 0.6) is 5.75 Å². The lowest BCUT2D eigenvalue weighted by Gasteiger charge is -2.13. The number of ether oxygens (including phenoxy) is 1. The number of benzene rings is 2. The van der Waals surface area contributed by atoms with Crippen molar-refractivity contribution in [3.63, 3.8) is 0 Å². The zero-order chi connectivity index (χ0) is 17.4. The molecular weight excluding hydrogens is 300 g/mol. The Morgan fingerprint density at radius 2 is 1.58 bits per heavy atom. The highest BCUT2D eigenvalue weighted by atomic mass is 16.5. The summed E-state index contributed by atoms with van der Waals surface area (Å²) in [7, 11) is 0. The number of rotatable bonds is 9. The first-order valence-corrected chi connectivity index (χ1v) is 8.66. The van der Waals surface area contributed by atoms with Crippen LogP contribution in [0.4, 0.5) is 0 Å². The molecule has 2 aromatic rings. The average molecular weight is 326 g/mol. The van der Waals surface area contributed by atoms with E-state index in [-0.39, 0.29) is 0 Å². The van der Waals surface area contributed by atoms with E-state index < -0.39 is 5.97 Å². The molecule has 3 heteroatoms. The Labute approximate surface area is 144 Å². The van der Waals surface area contributed by atoms with Gasteiger partial charge in [0.1, 0.15) is 5.75 Å². The molecular formula is C21H26O3. The third kappa shape index (κ3) is 5.41. The van der Waals surface area contributed by atoms with Crippen molar-refractivity contribution in [2.75, 3.05) is 6.61 Å². The molecule has 0 spiro atoms. The van der Waals surface area contributed by atoms with Crippen molar-refractivity contribution in [1.29, 1.82) is 0 Å². The lowest BCUT2D eigenvalue weighted by molar-refractivity contribution is 0.0697. The highest BCUT2D eigenvalue weighted by Gasteiger charge is 2.05. The van der Waals surface area contributed by atoms with Crippen molar-refractivity contribution in [2.24, 2.45) is 5.92 Å². The first kappa shape index (κ1) is 18.1. The maximum Gasteiger partial charge on any atom is 0.335 e. The van der Waals surface area contributed by atoms with Gasteiger partial charge in [-0.15, -0.1) is 0 Å². The van der Waals surface area contributed by atoms with Gasteiger partial charge < -0.3 is 9.84 Å². The Hall–Kier alpha value is -2.29. The minimum atomic E-state index is -0.904. The van der Waals surface area contributed by atoms with E-state index in [0.717, 1.165) is 23.5 Å². The maximum atomic E-state index is 10.9. The minimum Gasteiger partial charge on any atom is -0.493 e. The molecule has 0 amide bonds. The number of hydrogen-bond donors (Lipinski definition) is 1. The number of carboxylic acid groups (broad SMARTS) is 1. The highest BCUT2D eigenvalue weighted by Crippen LogP contribution is 2.23. The Morgan fingerprint density at radius 1 is 1.00 bits per heavy atom. The van der Waals surface area contributed by atoms with Crippen LogP contribution in [0, 0.1) is 5.92 Å². The van der Waals surface area contributed by atoms with Gasteiger partial charge in [-0.3, -0.25) is 0 Å². The van der Waals surface area contributed by atoms with Gasteiger partial charge in [0.15, 0.2) is 0 Å². The summed E-state index contributed by atoms with van der Waals surface area (Å²) in [5.41, 5.74) is 2.35. The van der Waals surface area contributed by atoms with E-state index in [4.69, 9.17) is 9.84 Å². The molecule has 2 aromatic carbocycles. The SMILES string of the molecule is CCCCCC(C)COc1ccc(-c2ccc(C(=O)O)cc2)cc1. The van der Waals surface area contributed by atoms with E-state index >= 15 is 0 Å². The summed E-state index contributed by atoms with van der Waals surface area (Å²) in [5, 5.41) is 8.94. The number of aromatic carboxylic acids is 1. The smallest absolute Gasteiger partial charge is 0.335 e. The first-order valence-electron chi connectivity index (χ1n) is 8.66. The second-order valence-electron chi connectivity index (χ2n) is 6.32. The van der Waals surface area contributed by atoms with E-state index in [1.165, 1.54) is 25.7 Å². The van der Waals surface area contributed by atoms with E-state index in [1.807, 2.05) is 36.4 Å². The third-order valence-corrected chi connectivity index (χ3v) is 4.15. The molecule has 0 bridgehead atoms. The second-order valence-corrected chi connectivity index (χ2v) is 6.32. The molecule has 24 heavy (non-hydrogen) atoms. The van der Waals surface area contributed by atoms with Gasteiger partial charge in [0.05, 0.1) is 12.2 Å². The largest absolute Gasteiger partial charge is 0.493 e. The van der Waals surface area contributed by atoms with Crippen LogP contribution in [0.3, 0.4) is 0 Å². The minimum absolute atomic E-state index is 0.302. The Kier molecular flexibility index (Phi) is 6.86. The van der Waals surface area contributed by atoms with Crippen LogP contribution in [0.25, 0.3) is 11.1 Å². The predicted molar refractivity (Wildman–Crippen MR) is 97.6 cm³/mol. The van der Waals surface area contributed by atoms with Crippen LogP contribution in [0.2, 0.25) is 0 Å². The molecule has 128 valence electrons. The normalized spacial score (nSPS) is 11.9. The summed E-state index contributed by atoms with van der Waals surface area (Å²) in [6.07, 6.45) is 5.02. The van der Waals surface area contributed by atoms with Crippen molar-refractivity contribution in [2.45, 2.75) is 39.5 Å². The Morgan fingerprint density at radius 3 is 2.12 bits per heavy atom. The Balaban J connectivity index is 1.89. The summed E-state index contributed by atoms with van der Waals surface area (Å²) in [6, 6.07) is 14.9. The van der Waals surface area contributed by atoms with E-state index in [2.05, 4.69) is 13.8 Å². The summed E-state index contributed by atoms with van der Waals surface area (Å²) in [5.74, 6) is 0.543. The Bertz CT molecular complexity index is 629. The predicted octanol–water partition coefficient (Wildman–Crippen LogP) is 5.65. The quantitative estimate of drug-likeness (QED) is 0.606. The monoisotopic (exact) mass is 326 g/mol. The van der Waals surface area contributed by atoms with E-state index in [9.17, 15) is 4.79 Å². The lowest BCUT2D eigenvalue weighted by atomic mass is 10.0. The standard InChI is InChI=1S/C21H26O3/c1-3-4-5-6-16(2)15-24-20-13-11-18(12-14-20)17-7-9-19(10-8-17)21(22)23/h7-14,16H,3-6,15H2,1-2H3,(H,22,23). The topological polar surface area (TPSA) is 46.5 Å². The van der Waals surface area contributed by atoms with Gasteiger partial charge in [-0.2, -0.15) is 0 Å². The van der Waals surface area contributed by atoms with Gasteiger partial charge in [0.25, 0.3) is 0 Å². The number of carbonyl (C=O) groups is 1. The molecule has 0 radical (unpaired) electrons. The van der Waals surface area contributed by atoms with Crippen molar-refractivity contribution in [1.82, 2.24) is 0 Å². The zero-order valence-electron chi connectivity index (χ0n) is 14.5. The number of hydrogen-bond acceptors (Lipinski definition) is 2. The van der Waals surface area contributed by atoms with Crippen molar-refractivity contribution in [3.05, 3.63) is 54.1 Å². The molecule has 0 saturated heterocycles. The van der Waals surface area contributed by atoms with Crippen LogP contribution in [-0.2, 0) is 0 Å².